The smallest absolute Gasteiger partial charge is 0.242 e. The Morgan fingerprint density at radius 2 is 1.66 bits per heavy atom. The molecule has 0 aliphatic rings. The van der Waals surface area contributed by atoms with Gasteiger partial charge in [-0.1, -0.05) is 35.0 Å². The molecule has 0 saturated carbocycles. The first kappa shape index (κ1) is 28.8. The Kier molecular flexibility index (Phi) is 10.7. The number of carbonyl (C=O) groups is 2. The summed E-state index contributed by atoms with van der Waals surface area (Å²) in [5.74, 6) is -0.966. The highest BCUT2D eigenvalue weighted by molar-refractivity contribution is 9.10. The van der Waals surface area contributed by atoms with Crippen LogP contribution < -0.4 is 9.62 Å². The van der Waals surface area contributed by atoms with Gasteiger partial charge in [-0.05, 0) is 68.7 Å². The quantitative estimate of drug-likeness (QED) is 0.408. The van der Waals surface area contributed by atoms with Gasteiger partial charge in [-0.25, -0.2) is 12.8 Å². The maximum absolute atomic E-state index is 13.3. The molecule has 0 heterocycles. The normalized spacial score (nSPS) is 13.1. The van der Waals surface area contributed by atoms with Crippen molar-refractivity contribution < 1.29 is 22.4 Å². The molecule has 2 rings (SSSR count). The van der Waals surface area contributed by atoms with Crippen molar-refractivity contribution in [2.45, 2.75) is 58.7 Å². The first-order chi connectivity index (χ1) is 16.4. The van der Waals surface area contributed by atoms with E-state index in [4.69, 9.17) is 0 Å². The van der Waals surface area contributed by atoms with Crippen molar-refractivity contribution in [2.24, 2.45) is 0 Å². The number of anilines is 1. The van der Waals surface area contributed by atoms with Gasteiger partial charge < -0.3 is 10.2 Å². The van der Waals surface area contributed by atoms with Crippen molar-refractivity contribution in [1.82, 2.24) is 10.2 Å². The number of rotatable bonds is 12. The van der Waals surface area contributed by atoms with Gasteiger partial charge in [0.25, 0.3) is 0 Å². The Morgan fingerprint density at radius 3 is 2.20 bits per heavy atom. The van der Waals surface area contributed by atoms with Crippen molar-refractivity contribution >= 4 is 43.5 Å². The first-order valence-electron chi connectivity index (χ1n) is 11.5. The van der Waals surface area contributed by atoms with E-state index in [9.17, 15) is 22.4 Å². The maximum atomic E-state index is 13.3. The van der Waals surface area contributed by atoms with E-state index >= 15 is 0 Å². The number of nitrogens with zero attached hydrogens (tertiary/aromatic N) is 2. The molecule has 0 unspecified atom stereocenters. The number of hydrogen-bond acceptors (Lipinski definition) is 4. The topological polar surface area (TPSA) is 86.8 Å². The van der Waals surface area contributed by atoms with E-state index in [0.717, 1.165) is 27.0 Å². The van der Waals surface area contributed by atoms with Crippen LogP contribution in [-0.2, 0) is 26.2 Å². The van der Waals surface area contributed by atoms with E-state index in [1.807, 2.05) is 38.1 Å². The minimum Gasteiger partial charge on any atom is -0.352 e. The van der Waals surface area contributed by atoms with Gasteiger partial charge in [0.2, 0.25) is 21.8 Å². The Hall–Kier alpha value is -2.46. The molecule has 7 nitrogen and oxygen atoms in total. The average molecular weight is 571 g/mol. The summed E-state index contributed by atoms with van der Waals surface area (Å²) in [7, 11) is -3.63. The summed E-state index contributed by atoms with van der Waals surface area (Å²) in [5.41, 5.74) is 1.20. The molecule has 0 fully saturated rings. The molecule has 0 aliphatic carbocycles. The van der Waals surface area contributed by atoms with Crippen molar-refractivity contribution in [1.29, 1.82) is 0 Å². The first-order valence-corrected chi connectivity index (χ1v) is 14.1. The summed E-state index contributed by atoms with van der Waals surface area (Å²) in [6, 6.07) is 11.9. The number of nitrogens with one attached hydrogen (secondary N) is 1. The van der Waals surface area contributed by atoms with Gasteiger partial charge in [0, 0.05) is 30.0 Å². The number of carbonyl (C=O) groups excluding carboxylic acids is 2. The molecule has 0 aromatic heterocycles. The molecule has 0 aliphatic heterocycles. The Labute approximate surface area is 215 Å². The van der Waals surface area contributed by atoms with Crippen molar-refractivity contribution in [3.63, 3.8) is 0 Å². The van der Waals surface area contributed by atoms with Crippen LogP contribution in [0.5, 0.6) is 0 Å². The van der Waals surface area contributed by atoms with Gasteiger partial charge in [-0.2, -0.15) is 0 Å². The summed E-state index contributed by atoms with van der Waals surface area (Å²) in [6.07, 6.45) is 2.12. The van der Waals surface area contributed by atoms with Crippen LogP contribution in [0.15, 0.2) is 53.0 Å². The maximum Gasteiger partial charge on any atom is 0.242 e. The fourth-order valence-corrected chi connectivity index (χ4v) is 4.68. The monoisotopic (exact) mass is 569 g/mol. The number of benzene rings is 2. The van der Waals surface area contributed by atoms with Crippen LogP contribution in [-0.4, -0.2) is 50.0 Å². The molecule has 192 valence electrons. The third kappa shape index (κ3) is 8.92. The number of halogens is 2. The van der Waals surface area contributed by atoms with Crippen LogP contribution in [0.2, 0.25) is 0 Å². The Morgan fingerprint density at radius 1 is 1.06 bits per heavy atom. The highest BCUT2D eigenvalue weighted by Gasteiger charge is 2.27. The molecule has 2 atom stereocenters. The van der Waals surface area contributed by atoms with Crippen molar-refractivity contribution in [2.75, 3.05) is 17.1 Å². The largest absolute Gasteiger partial charge is 0.352 e. The predicted octanol–water partition coefficient (Wildman–Crippen LogP) is 4.47. The minimum atomic E-state index is -3.63. The Balaban J connectivity index is 2.15. The summed E-state index contributed by atoms with van der Waals surface area (Å²) in [5, 5.41) is 2.92. The minimum absolute atomic E-state index is 0.0198. The summed E-state index contributed by atoms with van der Waals surface area (Å²) in [4.78, 5) is 27.6. The second-order valence-electron chi connectivity index (χ2n) is 8.56. The second-order valence-corrected chi connectivity index (χ2v) is 11.4. The van der Waals surface area contributed by atoms with Crippen LogP contribution in [0.3, 0.4) is 0 Å². The zero-order valence-electron chi connectivity index (χ0n) is 20.5. The van der Waals surface area contributed by atoms with Gasteiger partial charge in [0.1, 0.15) is 11.9 Å². The lowest BCUT2D eigenvalue weighted by molar-refractivity contribution is -0.140. The molecule has 2 amide bonds. The lowest BCUT2D eigenvalue weighted by Crippen LogP contribution is -2.49. The van der Waals surface area contributed by atoms with E-state index in [-0.39, 0.29) is 43.8 Å². The molecule has 1 N–H and O–H groups in total. The lowest BCUT2D eigenvalue weighted by Gasteiger charge is -2.30. The van der Waals surface area contributed by atoms with Gasteiger partial charge in [0.05, 0.1) is 11.9 Å². The molecule has 0 bridgehead atoms. The zero-order valence-corrected chi connectivity index (χ0v) is 22.9. The second kappa shape index (κ2) is 13.0. The average Bonchev–Trinajstić information content (AvgIpc) is 2.80. The van der Waals surface area contributed by atoms with Crippen LogP contribution in [0.25, 0.3) is 0 Å². The van der Waals surface area contributed by atoms with Crippen LogP contribution in [0.4, 0.5) is 10.1 Å². The van der Waals surface area contributed by atoms with E-state index < -0.39 is 21.9 Å². The lowest BCUT2D eigenvalue weighted by atomic mass is 10.1. The molecule has 10 heteroatoms. The summed E-state index contributed by atoms with van der Waals surface area (Å²) in [6.45, 7) is 5.86. The van der Waals surface area contributed by atoms with E-state index in [1.54, 1.807) is 6.92 Å². The van der Waals surface area contributed by atoms with Gasteiger partial charge in [-0.3, -0.25) is 13.9 Å². The SMILES string of the molecule is CC[C@H](C)NC(=O)[C@@H](C)N(Cc1ccc(Br)cc1)C(=O)CCCN(c1ccc(F)cc1)S(C)(=O)=O. The zero-order chi connectivity index (χ0) is 26.2. The van der Waals surface area contributed by atoms with E-state index in [2.05, 4.69) is 21.2 Å². The summed E-state index contributed by atoms with van der Waals surface area (Å²) >= 11 is 3.40. The molecule has 0 saturated heterocycles. The molecule has 0 spiro atoms. The van der Waals surface area contributed by atoms with Crippen LogP contribution >= 0.6 is 15.9 Å². The van der Waals surface area contributed by atoms with Crippen LogP contribution in [0.1, 0.15) is 45.6 Å². The molecule has 0 radical (unpaired) electrons. The number of amides is 2. The van der Waals surface area contributed by atoms with Gasteiger partial charge in [0.15, 0.2) is 0 Å². The van der Waals surface area contributed by atoms with E-state index in [1.165, 1.54) is 29.2 Å². The third-order valence-corrected chi connectivity index (χ3v) is 7.42. The van der Waals surface area contributed by atoms with Crippen molar-refractivity contribution in [3.8, 4) is 0 Å². The molecule has 2 aromatic carbocycles. The van der Waals surface area contributed by atoms with E-state index in [0.29, 0.717) is 5.69 Å². The molecule has 35 heavy (non-hydrogen) atoms. The van der Waals surface area contributed by atoms with Crippen LogP contribution in [0, 0.1) is 5.82 Å². The highest BCUT2D eigenvalue weighted by Crippen LogP contribution is 2.20. The molecule has 2 aromatic rings. The van der Waals surface area contributed by atoms with Gasteiger partial charge >= 0.3 is 0 Å². The fraction of sp³-hybridized carbons (Fsp3) is 0.440. The highest BCUT2D eigenvalue weighted by atomic mass is 79.9. The summed E-state index contributed by atoms with van der Waals surface area (Å²) < 4.78 is 39.9. The predicted molar refractivity (Wildman–Crippen MR) is 140 cm³/mol. The third-order valence-electron chi connectivity index (χ3n) is 5.70. The molecular weight excluding hydrogens is 537 g/mol. The number of sulfonamides is 1. The van der Waals surface area contributed by atoms with Crippen molar-refractivity contribution in [3.05, 3.63) is 64.4 Å². The Bertz CT molecular complexity index is 1090. The molecular formula is C25H33BrFN3O4S. The fourth-order valence-electron chi connectivity index (χ4n) is 3.45. The number of hydrogen-bond donors (Lipinski definition) is 1. The van der Waals surface area contributed by atoms with Gasteiger partial charge in [-0.15, -0.1) is 0 Å². The standard InChI is InChI=1S/C25H33BrFN3O4S/c1-5-18(2)28-25(32)19(3)29(17-20-8-10-21(26)11-9-20)24(31)7-6-16-30(35(4,33)34)23-14-12-22(27)13-15-23/h8-15,18-19H,5-7,16-17H2,1-4H3,(H,28,32)/t18-,19+/m0/s1.